The number of anilines is 1. The molecule has 0 heterocycles. The number of methoxy groups -OCH3 is 2. The van der Waals surface area contributed by atoms with E-state index in [-0.39, 0.29) is 11.3 Å². The van der Waals surface area contributed by atoms with Crippen LogP contribution in [0.4, 0.5) is 5.69 Å². The summed E-state index contributed by atoms with van der Waals surface area (Å²) in [6.07, 6.45) is 0. The molecule has 0 bridgehead atoms. The number of nitrogen functional groups attached to an aromatic ring is 1. The van der Waals surface area contributed by atoms with Crippen LogP contribution >= 0.6 is 11.6 Å². The Hall–Kier alpha value is -2.93. The monoisotopic (exact) mass is 392 g/mol. The highest BCUT2D eigenvalue weighted by Crippen LogP contribution is 2.29. The van der Waals surface area contributed by atoms with Gasteiger partial charge in [-0.25, -0.2) is 4.79 Å². The fourth-order valence-electron chi connectivity index (χ4n) is 2.45. The Bertz CT molecular complexity index is 841. The largest absolute Gasteiger partial charge is 0.497 e. The molecule has 8 heteroatoms. The lowest BCUT2D eigenvalue weighted by molar-refractivity contribution is -0.124. The van der Waals surface area contributed by atoms with E-state index in [0.29, 0.717) is 16.5 Å². The van der Waals surface area contributed by atoms with Crippen molar-refractivity contribution in [3.05, 3.63) is 52.5 Å². The second kappa shape index (κ2) is 9.14. The van der Waals surface area contributed by atoms with E-state index < -0.39 is 24.5 Å². The van der Waals surface area contributed by atoms with Gasteiger partial charge in [-0.1, -0.05) is 11.6 Å². The minimum absolute atomic E-state index is 0.109. The van der Waals surface area contributed by atoms with Crippen LogP contribution in [0.2, 0.25) is 5.02 Å². The summed E-state index contributed by atoms with van der Waals surface area (Å²) < 4.78 is 15.5. The Morgan fingerprint density at radius 3 is 2.56 bits per heavy atom. The van der Waals surface area contributed by atoms with Crippen LogP contribution in [0.5, 0.6) is 11.5 Å². The first-order chi connectivity index (χ1) is 12.8. The maximum Gasteiger partial charge on any atom is 0.340 e. The van der Waals surface area contributed by atoms with Crippen LogP contribution in [0.25, 0.3) is 0 Å². The Labute approximate surface area is 162 Å². The van der Waals surface area contributed by atoms with E-state index >= 15 is 0 Å². The molecular formula is C19H21ClN2O5. The maximum absolute atomic E-state index is 12.2. The summed E-state index contributed by atoms with van der Waals surface area (Å²) in [4.78, 5) is 24.2. The molecule has 0 unspecified atom stereocenters. The number of hydrogen-bond donors (Lipinski definition) is 2. The average Bonchev–Trinajstić information content (AvgIpc) is 2.67. The molecule has 0 saturated heterocycles. The van der Waals surface area contributed by atoms with Gasteiger partial charge in [0.25, 0.3) is 5.91 Å². The molecule has 0 aromatic heterocycles. The van der Waals surface area contributed by atoms with E-state index in [0.717, 1.165) is 5.56 Å². The Balaban J connectivity index is 1.99. The van der Waals surface area contributed by atoms with Crippen LogP contribution in [-0.4, -0.2) is 32.7 Å². The highest BCUT2D eigenvalue weighted by molar-refractivity contribution is 6.31. The van der Waals surface area contributed by atoms with Gasteiger partial charge < -0.3 is 25.3 Å². The summed E-state index contributed by atoms with van der Waals surface area (Å²) in [7, 11) is 3.09. The van der Waals surface area contributed by atoms with Crippen molar-refractivity contribution in [2.75, 3.05) is 26.6 Å². The molecule has 0 aliphatic carbocycles. The van der Waals surface area contributed by atoms with Crippen molar-refractivity contribution in [3.63, 3.8) is 0 Å². The first kappa shape index (κ1) is 20.4. The van der Waals surface area contributed by atoms with E-state index in [1.807, 2.05) is 0 Å². The van der Waals surface area contributed by atoms with Gasteiger partial charge in [0.15, 0.2) is 6.61 Å². The van der Waals surface area contributed by atoms with E-state index in [4.69, 9.17) is 31.5 Å². The van der Waals surface area contributed by atoms with E-state index in [1.54, 1.807) is 38.3 Å². The van der Waals surface area contributed by atoms with Gasteiger partial charge in [-0.15, -0.1) is 0 Å². The minimum atomic E-state index is -0.725. The summed E-state index contributed by atoms with van der Waals surface area (Å²) in [6, 6.07) is 9.33. The van der Waals surface area contributed by atoms with Crippen molar-refractivity contribution in [3.8, 4) is 11.5 Å². The number of benzene rings is 2. The third kappa shape index (κ3) is 5.27. The van der Waals surface area contributed by atoms with E-state index in [2.05, 4.69) is 5.32 Å². The SMILES string of the molecule is COc1ccc(OC)c([C@@H](C)NC(=O)COC(=O)c2cc(Cl)ccc2N)c1. The third-order valence-corrected chi connectivity index (χ3v) is 4.09. The van der Waals surface area contributed by atoms with Crippen LogP contribution in [-0.2, 0) is 9.53 Å². The fraction of sp³-hybridized carbons (Fsp3) is 0.263. The van der Waals surface area contributed by atoms with Crippen molar-refractivity contribution in [1.82, 2.24) is 5.32 Å². The Morgan fingerprint density at radius 1 is 1.15 bits per heavy atom. The second-order valence-corrected chi connectivity index (χ2v) is 6.14. The number of amides is 1. The third-order valence-electron chi connectivity index (χ3n) is 3.85. The van der Waals surface area contributed by atoms with Gasteiger partial charge in [-0.3, -0.25) is 4.79 Å². The molecule has 7 nitrogen and oxygen atoms in total. The first-order valence-electron chi connectivity index (χ1n) is 8.09. The highest BCUT2D eigenvalue weighted by Gasteiger charge is 2.18. The molecule has 0 spiro atoms. The van der Waals surface area contributed by atoms with Gasteiger partial charge in [0, 0.05) is 16.3 Å². The topological polar surface area (TPSA) is 99.9 Å². The summed E-state index contributed by atoms with van der Waals surface area (Å²) in [5.74, 6) is 0.0418. The molecule has 0 aliphatic rings. The van der Waals surface area contributed by atoms with Gasteiger partial charge in [0.1, 0.15) is 11.5 Å². The van der Waals surface area contributed by atoms with Crippen LogP contribution in [0, 0.1) is 0 Å². The fourth-order valence-corrected chi connectivity index (χ4v) is 2.62. The Kier molecular flexibility index (Phi) is 6.90. The van der Waals surface area contributed by atoms with Crippen LogP contribution in [0.1, 0.15) is 28.9 Å². The molecule has 0 saturated carbocycles. The normalized spacial score (nSPS) is 11.4. The van der Waals surface area contributed by atoms with Crippen molar-refractivity contribution in [2.45, 2.75) is 13.0 Å². The molecule has 1 amide bonds. The number of carbonyl (C=O) groups excluding carboxylic acids is 2. The zero-order chi connectivity index (χ0) is 20.0. The quantitative estimate of drug-likeness (QED) is 0.555. The molecule has 3 N–H and O–H groups in total. The molecule has 0 radical (unpaired) electrons. The van der Waals surface area contributed by atoms with Crippen LogP contribution < -0.4 is 20.5 Å². The van der Waals surface area contributed by atoms with Gasteiger partial charge in [-0.2, -0.15) is 0 Å². The molecule has 144 valence electrons. The van der Waals surface area contributed by atoms with Gasteiger partial charge in [-0.05, 0) is 43.3 Å². The van der Waals surface area contributed by atoms with E-state index in [1.165, 1.54) is 19.2 Å². The predicted molar refractivity (Wildman–Crippen MR) is 102 cm³/mol. The number of rotatable bonds is 7. The molecule has 0 fully saturated rings. The number of nitrogens with one attached hydrogen (secondary N) is 1. The zero-order valence-electron chi connectivity index (χ0n) is 15.2. The average molecular weight is 393 g/mol. The van der Waals surface area contributed by atoms with Crippen molar-refractivity contribution in [1.29, 1.82) is 0 Å². The standard InChI is InChI=1S/C19H21ClN2O5/c1-11(14-9-13(25-2)5-7-17(14)26-3)22-18(23)10-27-19(24)15-8-12(20)4-6-16(15)21/h4-9,11H,10,21H2,1-3H3,(H,22,23)/t11-/m1/s1. The molecule has 27 heavy (non-hydrogen) atoms. The second-order valence-electron chi connectivity index (χ2n) is 5.70. The molecule has 0 aliphatic heterocycles. The van der Waals surface area contributed by atoms with Crippen molar-refractivity contribution < 1.29 is 23.8 Å². The minimum Gasteiger partial charge on any atom is -0.497 e. The van der Waals surface area contributed by atoms with Gasteiger partial charge in [0.2, 0.25) is 0 Å². The smallest absolute Gasteiger partial charge is 0.340 e. The molecule has 1 atom stereocenters. The number of nitrogens with two attached hydrogens (primary N) is 1. The number of hydrogen-bond acceptors (Lipinski definition) is 6. The van der Waals surface area contributed by atoms with Gasteiger partial charge >= 0.3 is 5.97 Å². The lowest BCUT2D eigenvalue weighted by atomic mass is 10.1. The van der Waals surface area contributed by atoms with E-state index in [9.17, 15) is 9.59 Å². The molecule has 2 aromatic carbocycles. The summed E-state index contributed by atoms with van der Waals surface area (Å²) in [5.41, 5.74) is 6.79. The first-order valence-corrected chi connectivity index (χ1v) is 8.47. The number of halogens is 1. The summed E-state index contributed by atoms with van der Waals surface area (Å²) >= 11 is 5.85. The van der Waals surface area contributed by atoms with Gasteiger partial charge in [0.05, 0.1) is 25.8 Å². The number of ether oxygens (including phenoxy) is 3. The summed E-state index contributed by atoms with van der Waals surface area (Å²) in [6.45, 7) is 1.33. The maximum atomic E-state index is 12.2. The molecule has 2 aromatic rings. The lowest BCUT2D eigenvalue weighted by Crippen LogP contribution is -2.31. The number of esters is 1. The molecule has 2 rings (SSSR count). The number of carbonyl (C=O) groups is 2. The Morgan fingerprint density at radius 2 is 1.89 bits per heavy atom. The summed E-state index contributed by atoms with van der Waals surface area (Å²) in [5, 5.41) is 3.09. The van der Waals surface area contributed by atoms with Crippen LogP contribution in [0.15, 0.2) is 36.4 Å². The highest BCUT2D eigenvalue weighted by atomic mass is 35.5. The zero-order valence-corrected chi connectivity index (χ0v) is 16.0. The molecular weight excluding hydrogens is 372 g/mol. The van der Waals surface area contributed by atoms with Crippen molar-refractivity contribution >= 4 is 29.2 Å². The lowest BCUT2D eigenvalue weighted by Gasteiger charge is -2.18. The van der Waals surface area contributed by atoms with Crippen LogP contribution in [0.3, 0.4) is 0 Å². The van der Waals surface area contributed by atoms with Crippen molar-refractivity contribution in [2.24, 2.45) is 0 Å². The predicted octanol–water partition coefficient (Wildman–Crippen LogP) is 2.97.